The predicted molar refractivity (Wildman–Crippen MR) is 127 cm³/mol. The summed E-state index contributed by atoms with van der Waals surface area (Å²) < 4.78 is 0. The highest BCUT2D eigenvalue weighted by Gasteiger charge is 2.30. The fraction of sp³-hybridized carbons (Fsp3) is 0.231. The molecule has 0 aromatic heterocycles. The molecule has 0 aliphatic carbocycles. The lowest BCUT2D eigenvalue weighted by Gasteiger charge is -2.39. The van der Waals surface area contributed by atoms with Crippen molar-refractivity contribution in [1.29, 1.82) is 0 Å². The van der Waals surface area contributed by atoms with Crippen molar-refractivity contribution in [2.45, 2.75) is 13.0 Å². The number of benzene rings is 3. The van der Waals surface area contributed by atoms with Gasteiger partial charge < -0.3 is 16.0 Å². The van der Waals surface area contributed by atoms with Crippen LogP contribution in [0.5, 0.6) is 0 Å². The number of nitrogens with one attached hydrogen (secondary N) is 1. The third-order valence-electron chi connectivity index (χ3n) is 5.85. The quantitative estimate of drug-likeness (QED) is 0.493. The zero-order valence-corrected chi connectivity index (χ0v) is 18.2. The van der Waals surface area contributed by atoms with Crippen molar-refractivity contribution in [2.24, 2.45) is 0 Å². The Balaban J connectivity index is 1.43. The van der Waals surface area contributed by atoms with Crippen molar-refractivity contribution in [3.8, 4) is 0 Å². The van der Waals surface area contributed by atoms with Crippen molar-refractivity contribution in [1.82, 2.24) is 9.80 Å². The molecule has 4 rings (SSSR count). The van der Waals surface area contributed by atoms with Crippen molar-refractivity contribution in [3.05, 3.63) is 95.6 Å². The Hall–Kier alpha value is -3.64. The molecular formula is C26H28N4O2. The first-order chi connectivity index (χ1) is 15.5. The molecule has 1 heterocycles. The molecule has 3 N–H and O–H groups in total. The van der Waals surface area contributed by atoms with Crippen LogP contribution in [0.25, 0.3) is 0 Å². The smallest absolute Gasteiger partial charge is 0.313 e. The predicted octanol–water partition coefficient (Wildman–Crippen LogP) is 3.45. The fourth-order valence-corrected chi connectivity index (χ4v) is 4.17. The second-order valence-electron chi connectivity index (χ2n) is 8.10. The van der Waals surface area contributed by atoms with Crippen molar-refractivity contribution < 1.29 is 9.59 Å². The molecule has 1 fully saturated rings. The van der Waals surface area contributed by atoms with Crippen LogP contribution >= 0.6 is 0 Å². The molecule has 3 aromatic carbocycles. The van der Waals surface area contributed by atoms with Gasteiger partial charge in [0.1, 0.15) is 0 Å². The van der Waals surface area contributed by atoms with Gasteiger partial charge in [-0.05, 0) is 35.7 Å². The van der Waals surface area contributed by atoms with Crippen LogP contribution in [0.4, 0.5) is 11.4 Å². The summed E-state index contributed by atoms with van der Waals surface area (Å²) in [6.07, 6.45) is 0. The molecule has 0 atom stereocenters. The SMILES string of the molecule is Cc1ccc(N)c(NC(=O)C(=O)N2CCN(C(c3ccccc3)c3ccccc3)CC2)c1. The van der Waals surface area contributed by atoms with Gasteiger partial charge >= 0.3 is 11.8 Å². The van der Waals surface area contributed by atoms with E-state index >= 15 is 0 Å². The summed E-state index contributed by atoms with van der Waals surface area (Å²) in [6, 6.07) is 26.2. The largest absolute Gasteiger partial charge is 0.397 e. The lowest BCUT2D eigenvalue weighted by atomic mass is 9.96. The molecule has 6 nitrogen and oxygen atoms in total. The molecule has 3 aromatic rings. The van der Waals surface area contributed by atoms with Gasteiger partial charge in [0.2, 0.25) is 0 Å². The molecule has 1 aliphatic rings. The summed E-state index contributed by atoms with van der Waals surface area (Å²) in [6.45, 7) is 4.25. The number of carbonyl (C=O) groups is 2. The summed E-state index contributed by atoms with van der Waals surface area (Å²) in [7, 11) is 0. The van der Waals surface area contributed by atoms with Crippen LogP contribution < -0.4 is 11.1 Å². The summed E-state index contributed by atoms with van der Waals surface area (Å²) in [5.41, 5.74) is 10.2. The van der Waals surface area contributed by atoms with E-state index in [4.69, 9.17) is 5.73 Å². The maximum absolute atomic E-state index is 12.8. The number of piperazine rings is 1. The normalized spacial score (nSPS) is 14.4. The van der Waals surface area contributed by atoms with E-state index in [0.717, 1.165) is 5.56 Å². The van der Waals surface area contributed by atoms with Gasteiger partial charge in [0.25, 0.3) is 0 Å². The van der Waals surface area contributed by atoms with Crippen LogP contribution in [0.3, 0.4) is 0 Å². The highest BCUT2D eigenvalue weighted by molar-refractivity contribution is 6.39. The Morgan fingerprint density at radius 2 is 1.41 bits per heavy atom. The summed E-state index contributed by atoms with van der Waals surface area (Å²) >= 11 is 0. The Labute approximate surface area is 188 Å². The number of carbonyl (C=O) groups excluding carboxylic acids is 2. The number of amides is 2. The number of nitrogens with two attached hydrogens (primary N) is 1. The molecule has 1 aliphatic heterocycles. The Bertz CT molecular complexity index is 1040. The fourth-order valence-electron chi connectivity index (χ4n) is 4.17. The van der Waals surface area contributed by atoms with Crippen LogP contribution in [0.2, 0.25) is 0 Å². The first kappa shape index (κ1) is 21.6. The van der Waals surface area contributed by atoms with E-state index in [-0.39, 0.29) is 6.04 Å². The molecular weight excluding hydrogens is 400 g/mol. The number of nitrogen functional groups attached to an aromatic ring is 1. The van der Waals surface area contributed by atoms with Gasteiger partial charge in [0, 0.05) is 26.2 Å². The van der Waals surface area contributed by atoms with Crippen LogP contribution in [-0.2, 0) is 9.59 Å². The zero-order valence-electron chi connectivity index (χ0n) is 18.2. The molecule has 0 bridgehead atoms. The van der Waals surface area contributed by atoms with Gasteiger partial charge in [0.05, 0.1) is 17.4 Å². The minimum absolute atomic E-state index is 0.107. The minimum Gasteiger partial charge on any atom is -0.397 e. The second-order valence-corrected chi connectivity index (χ2v) is 8.10. The van der Waals surface area contributed by atoms with E-state index in [2.05, 4.69) is 34.5 Å². The van der Waals surface area contributed by atoms with E-state index in [1.165, 1.54) is 11.1 Å². The third kappa shape index (κ3) is 4.81. The lowest BCUT2D eigenvalue weighted by Crippen LogP contribution is -2.52. The number of rotatable bonds is 4. The molecule has 0 saturated carbocycles. The number of anilines is 2. The van der Waals surface area contributed by atoms with Crippen molar-refractivity contribution >= 4 is 23.2 Å². The zero-order chi connectivity index (χ0) is 22.5. The van der Waals surface area contributed by atoms with E-state index in [1.54, 1.807) is 17.0 Å². The van der Waals surface area contributed by atoms with Gasteiger partial charge in [0.15, 0.2) is 0 Å². The first-order valence-corrected chi connectivity index (χ1v) is 10.8. The number of aryl methyl sites for hydroxylation is 1. The molecule has 6 heteroatoms. The number of hydrogen-bond donors (Lipinski definition) is 2. The van der Waals surface area contributed by atoms with Crippen molar-refractivity contribution in [2.75, 3.05) is 37.2 Å². The molecule has 164 valence electrons. The molecule has 2 amide bonds. The topological polar surface area (TPSA) is 78.7 Å². The van der Waals surface area contributed by atoms with Crippen LogP contribution in [0.15, 0.2) is 78.9 Å². The Kier molecular flexibility index (Phi) is 6.52. The minimum atomic E-state index is -0.654. The number of hydrogen-bond acceptors (Lipinski definition) is 4. The van der Waals surface area contributed by atoms with Gasteiger partial charge in [-0.1, -0.05) is 66.7 Å². The van der Waals surface area contributed by atoms with Crippen LogP contribution in [0.1, 0.15) is 22.7 Å². The summed E-state index contributed by atoms with van der Waals surface area (Å²) in [5.74, 6) is -1.18. The monoisotopic (exact) mass is 428 g/mol. The van der Waals surface area contributed by atoms with E-state index in [1.807, 2.05) is 49.4 Å². The number of nitrogens with zero attached hydrogens (tertiary/aromatic N) is 2. The van der Waals surface area contributed by atoms with Crippen LogP contribution in [-0.4, -0.2) is 47.8 Å². The maximum atomic E-state index is 12.8. The first-order valence-electron chi connectivity index (χ1n) is 10.8. The third-order valence-corrected chi connectivity index (χ3v) is 5.85. The van der Waals surface area contributed by atoms with Gasteiger partial charge in [-0.15, -0.1) is 0 Å². The highest BCUT2D eigenvalue weighted by atomic mass is 16.2. The van der Waals surface area contributed by atoms with Gasteiger partial charge in [-0.25, -0.2) is 0 Å². The molecule has 0 radical (unpaired) electrons. The van der Waals surface area contributed by atoms with Crippen LogP contribution in [0, 0.1) is 6.92 Å². The van der Waals surface area contributed by atoms with E-state index < -0.39 is 11.8 Å². The molecule has 1 saturated heterocycles. The maximum Gasteiger partial charge on any atom is 0.313 e. The summed E-state index contributed by atoms with van der Waals surface area (Å²) in [4.78, 5) is 29.3. The standard InChI is InChI=1S/C26H28N4O2/c1-19-12-13-22(27)23(18-19)28-25(31)26(32)30-16-14-29(15-17-30)24(20-8-4-2-5-9-20)21-10-6-3-7-11-21/h2-13,18,24H,14-17,27H2,1H3,(H,28,31). The van der Waals surface area contributed by atoms with Gasteiger partial charge in [-0.2, -0.15) is 0 Å². The second kappa shape index (κ2) is 9.66. The van der Waals surface area contributed by atoms with E-state index in [0.29, 0.717) is 37.6 Å². The van der Waals surface area contributed by atoms with Crippen molar-refractivity contribution in [3.63, 3.8) is 0 Å². The molecule has 32 heavy (non-hydrogen) atoms. The summed E-state index contributed by atoms with van der Waals surface area (Å²) in [5, 5.41) is 2.67. The van der Waals surface area contributed by atoms with Gasteiger partial charge in [-0.3, -0.25) is 14.5 Å². The molecule has 0 spiro atoms. The van der Waals surface area contributed by atoms with E-state index in [9.17, 15) is 9.59 Å². The highest BCUT2D eigenvalue weighted by Crippen LogP contribution is 2.29. The average molecular weight is 429 g/mol. The lowest BCUT2D eigenvalue weighted by molar-refractivity contribution is -0.144. The average Bonchev–Trinajstić information content (AvgIpc) is 2.83. The molecule has 0 unspecified atom stereocenters. The Morgan fingerprint density at radius 3 is 1.97 bits per heavy atom. The Morgan fingerprint density at radius 1 is 0.844 bits per heavy atom.